The van der Waals surface area contributed by atoms with Crippen LogP contribution in [-0.2, 0) is 4.74 Å². The van der Waals surface area contributed by atoms with Crippen LogP contribution in [0.1, 0.15) is 31.8 Å². The average Bonchev–Trinajstić information content (AvgIpc) is 2.60. The van der Waals surface area contributed by atoms with Gasteiger partial charge in [0.15, 0.2) is 6.61 Å². The zero-order valence-electron chi connectivity index (χ0n) is 13.9. The minimum Gasteiger partial charge on any atom is -0.454 e. The van der Waals surface area contributed by atoms with Gasteiger partial charge in [0.2, 0.25) is 5.78 Å². The molecule has 4 nitrogen and oxygen atoms in total. The lowest BCUT2D eigenvalue weighted by atomic mass is 10.0. The van der Waals surface area contributed by atoms with Gasteiger partial charge in [-0.1, -0.05) is 29.3 Å². The summed E-state index contributed by atoms with van der Waals surface area (Å²) in [5.74, 6) is -0.765. The minimum absolute atomic E-state index is 0.219. The Morgan fingerprint density at radius 3 is 2.64 bits per heavy atom. The first-order valence-corrected chi connectivity index (χ1v) is 8.16. The number of aryl methyl sites for hydroxylation is 2. The molecule has 0 N–H and O–H groups in total. The zero-order chi connectivity index (χ0) is 18.0. The molecule has 0 aliphatic carbocycles. The number of ketones is 1. The molecule has 1 aromatic heterocycles. The van der Waals surface area contributed by atoms with Crippen LogP contribution < -0.4 is 0 Å². The molecule has 0 unspecified atom stereocenters. The first kappa shape index (κ1) is 17.1. The number of esters is 1. The van der Waals surface area contributed by atoms with E-state index in [0.29, 0.717) is 21.8 Å². The number of benzene rings is 2. The third-order valence-electron chi connectivity index (χ3n) is 3.92. The Labute approximate surface area is 150 Å². The second kappa shape index (κ2) is 7.03. The fourth-order valence-electron chi connectivity index (χ4n) is 2.56. The molecule has 1 heterocycles. The van der Waals surface area contributed by atoms with Crippen LogP contribution in [0.5, 0.6) is 0 Å². The van der Waals surface area contributed by atoms with Crippen molar-refractivity contribution < 1.29 is 14.3 Å². The van der Waals surface area contributed by atoms with Gasteiger partial charge in [-0.3, -0.25) is 4.79 Å². The highest BCUT2D eigenvalue weighted by Gasteiger charge is 2.14. The van der Waals surface area contributed by atoms with Gasteiger partial charge in [-0.2, -0.15) is 0 Å². The number of Topliss-reactive ketones (excluding diaryl/α,β-unsaturated/α-hetero) is 1. The SMILES string of the molecule is Cc1ccc(C)c(C(=O)COC(=O)c2ccc3nc(Cl)ccc3c2)c1. The molecule has 3 aromatic rings. The summed E-state index contributed by atoms with van der Waals surface area (Å²) >= 11 is 5.85. The molecule has 0 fully saturated rings. The zero-order valence-corrected chi connectivity index (χ0v) is 14.6. The highest BCUT2D eigenvalue weighted by atomic mass is 35.5. The molecule has 0 radical (unpaired) electrons. The highest BCUT2D eigenvalue weighted by Crippen LogP contribution is 2.18. The molecule has 5 heteroatoms. The first-order valence-electron chi connectivity index (χ1n) is 7.78. The molecule has 0 saturated heterocycles. The van der Waals surface area contributed by atoms with Gasteiger partial charge in [-0.05, 0) is 55.8 Å². The maximum atomic E-state index is 12.3. The summed E-state index contributed by atoms with van der Waals surface area (Å²) in [6.07, 6.45) is 0. The Bertz CT molecular complexity index is 982. The number of ether oxygens (including phenoxy) is 1. The van der Waals surface area contributed by atoms with E-state index in [1.165, 1.54) is 0 Å². The van der Waals surface area contributed by atoms with Gasteiger partial charge in [-0.15, -0.1) is 0 Å². The van der Waals surface area contributed by atoms with Crippen molar-refractivity contribution >= 4 is 34.3 Å². The van der Waals surface area contributed by atoms with Crippen molar-refractivity contribution in [3.8, 4) is 0 Å². The van der Waals surface area contributed by atoms with Crippen LogP contribution >= 0.6 is 11.6 Å². The number of rotatable bonds is 4. The minimum atomic E-state index is -0.546. The number of pyridine rings is 1. The molecule has 3 rings (SSSR count). The van der Waals surface area contributed by atoms with E-state index in [1.54, 1.807) is 36.4 Å². The number of aromatic nitrogens is 1. The smallest absolute Gasteiger partial charge is 0.338 e. The lowest BCUT2D eigenvalue weighted by molar-refractivity contribution is 0.0474. The Morgan fingerprint density at radius 2 is 1.84 bits per heavy atom. The molecule has 0 bridgehead atoms. The summed E-state index contributed by atoms with van der Waals surface area (Å²) in [5.41, 5.74) is 3.48. The van der Waals surface area contributed by atoms with Crippen molar-refractivity contribution in [2.75, 3.05) is 6.61 Å². The van der Waals surface area contributed by atoms with Gasteiger partial charge in [0.1, 0.15) is 5.15 Å². The van der Waals surface area contributed by atoms with E-state index >= 15 is 0 Å². The lowest BCUT2D eigenvalue weighted by Gasteiger charge is -2.08. The molecular formula is C20H16ClNO3. The number of halogens is 1. The number of carbonyl (C=O) groups is 2. The van der Waals surface area contributed by atoms with E-state index in [4.69, 9.17) is 16.3 Å². The van der Waals surface area contributed by atoms with Gasteiger partial charge >= 0.3 is 5.97 Å². The Hall–Kier alpha value is -2.72. The molecule has 2 aromatic carbocycles. The number of fused-ring (bicyclic) bond motifs is 1. The lowest BCUT2D eigenvalue weighted by Crippen LogP contribution is -2.15. The number of hydrogen-bond donors (Lipinski definition) is 0. The van der Waals surface area contributed by atoms with Crippen LogP contribution in [0.2, 0.25) is 5.15 Å². The molecule has 126 valence electrons. The Kier molecular flexibility index (Phi) is 4.81. The van der Waals surface area contributed by atoms with Gasteiger partial charge < -0.3 is 4.74 Å². The molecule has 0 spiro atoms. The Balaban J connectivity index is 1.73. The van der Waals surface area contributed by atoms with Crippen molar-refractivity contribution in [2.24, 2.45) is 0 Å². The number of carbonyl (C=O) groups excluding carboxylic acids is 2. The summed E-state index contributed by atoms with van der Waals surface area (Å²) in [6, 6.07) is 14.0. The van der Waals surface area contributed by atoms with Crippen molar-refractivity contribution in [1.82, 2.24) is 4.98 Å². The van der Waals surface area contributed by atoms with Crippen LogP contribution in [-0.4, -0.2) is 23.3 Å². The van der Waals surface area contributed by atoms with Crippen LogP contribution in [0.4, 0.5) is 0 Å². The summed E-state index contributed by atoms with van der Waals surface area (Å²) in [5, 5.41) is 1.17. The second-order valence-electron chi connectivity index (χ2n) is 5.86. The highest BCUT2D eigenvalue weighted by molar-refractivity contribution is 6.29. The van der Waals surface area contributed by atoms with Gasteiger partial charge in [0, 0.05) is 10.9 Å². The van der Waals surface area contributed by atoms with E-state index in [0.717, 1.165) is 16.5 Å². The number of hydrogen-bond acceptors (Lipinski definition) is 4. The van der Waals surface area contributed by atoms with Crippen LogP contribution in [0.25, 0.3) is 10.9 Å². The standard InChI is InChI=1S/C20H16ClNO3/c1-12-3-4-13(2)16(9-12)18(23)11-25-20(24)15-5-7-17-14(10-15)6-8-19(21)22-17/h3-10H,11H2,1-2H3. The summed E-state index contributed by atoms with van der Waals surface area (Å²) in [6.45, 7) is 3.48. The van der Waals surface area contributed by atoms with E-state index in [-0.39, 0.29) is 12.4 Å². The van der Waals surface area contributed by atoms with E-state index < -0.39 is 5.97 Å². The van der Waals surface area contributed by atoms with Crippen LogP contribution in [0.15, 0.2) is 48.5 Å². The van der Waals surface area contributed by atoms with E-state index in [2.05, 4.69) is 4.98 Å². The maximum Gasteiger partial charge on any atom is 0.338 e. The molecule has 0 aliphatic rings. The normalized spacial score (nSPS) is 10.7. The van der Waals surface area contributed by atoms with Crippen LogP contribution in [0.3, 0.4) is 0 Å². The van der Waals surface area contributed by atoms with Gasteiger partial charge in [0.25, 0.3) is 0 Å². The quantitative estimate of drug-likeness (QED) is 0.392. The van der Waals surface area contributed by atoms with Crippen molar-refractivity contribution in [3.05, 3.63) is 75.9 Å². The molecule has 0 amide bonds. The fraction of sp³-hybridized carbons (Fsp3) is 0.150. The van der Waals surface area contributed by atoms with Crippen molar-refractivity contribution in [2.45, 2.75) is 13.8 Å². The second-order valence-corrected chi connectivity index (χ2v) is 6.25. The van der Waals surface area contributed by atoms with Crippen molar-refractivity contribution in [3.63, 3.8) is 0 Å². The van der Waals surface area contributed by atoms with Crippen LogP contribution in [0, 0.1) is 13.8 Å². The topological polar surface area (TPSA) is 56.3 Å². The number of nitrogens with zero attached hydrogens (tertiary/aromatic N) is 1. The average molecular weight is 354 g/mol. The molecule has 25 heavy (non-hydrogen) atoms. The molecule has 0 atom stereocenters. The third kappa shape index (κ3) is 3.86. The summed E-state index contributed by atoms with van der Waals surface area (Å²) in [4.78, 5) is 28.7. The monoisotopic (exact) mass is 353 g/mol. The predicted molar refractivity (Wildman–Crippen MR) is 97.3 cm³/mol. The Morgan fingerprint density at radius 1 is 1.04 bits per heavy atom. The maximum absolute atomic E-state index is 12.3. The van der Waals surface area contributed by atoms with Gasteiger partial charge in [0.05, 0.1) is 11.1 Å². The van der Waals surface area contributed by atoms with Gasteiger partial charge in [-0.25, -0.2) is 9.78 Å². The molecular weight excluding hydrogens is 338 g/mol. The van der Waals surface area contributed by atoms with Crippen molar-refractivity contribution in [1.29, 1.82) is 0 Å². The first-order chi connectivity index (χ1) is 11.9. The fourth-order valence-corrected chi connectivity index (χ4v) is 2.71. The van der Waals surface area contributed by atoms with E-state index in [9.17, 15) is 9.59 Å². The third-order valence-corrected chi connectivity index (χ3v) is 4.13. The largest absolute Gasteiger partial charge is 0.454 e. The molecule has 0 aliphatic heterocycles. The van der Waals surface area contributed by atoms with E-state index in [1.807, 2.05) is 26.0 Å². The summed E-state index contributed by atoms with van der Waals surface area (Å²) in [7, 11) is 0. The summed E-state index contributed by atoms with van der Waals surface area (Å²) < 4.78 is 5.18. The molecule has 0 saturated carbocycles. The predicted octanol–water partition coefficient (Wildman–Crippen LogP) is 4.54.